The van der Waals surface area contributed by atoms with E-state index < -0.39 is 5.82 Å². The summed E-state index contributed by atoms with van der Waals surface area (Å²) in [5, 5.41) is 0.536. The first kappa shape index (κ1) is 17.4. The van der Waals surface area contributed by atoms with E-state index in [1.165, 1.54) is 13.2 Å². The van der Waals surface area contributed by atoms with Gasteiger partial charge in [-0.3, -0.25) is 0 Å². The normalized spacial score (nSPS) is 11.0. The van der Waals surface area contributed by atoms with Crippen LogP contribution in [0.5, 0.6) is 11.5 Å². The van der Waals surface area contributed by atoms with Crippen LogP contribution in [0.4, 0.5) is 4.39 Å². The highest BCUT2D eigenvalue weighted by molar-refractivity contribution is 6.32. The second kappa shape index (κ2) is 6.93. The lowest BCUT2D eigenvalue weighted by Crippen LogP contribution is -1.88. The molecule has 4 aromatic rings. The Hall–Kier alpha value is -3.05. The standard InChI is InChI=1S/C21H15ClFNO3/c1-25-18-7-4-12(9-15(18)22)13-5-8-19-17(10-13)24-21(27-19)14-3-6-16(23)20(11-14)26-2/h3-11H,1-2H3. The summed E-state index contributed by atoms with van der Waals surface area (Å²) >= 11 is 6.22. The Morgan fingerprint density at radius 1 is 0.852 bits per heavy atom. The molecule has 0 unspecified atom stereocenters. The predicted octanol–water partition coefficient (Wildman–Crippen LogP) is 5.97. The van der Waals surface area contributed by atoms with Crippen molar-refractivity contribution in [3.8, 4) is 34.1 Å². The van der Waals surface area contributed by atoms with Crippen LogP contribution >= 0.6 is 11.6 Å². The molecule has 0 amide bonds. The van der Waals surface area contributed by atoms with E-state index >= 15 is 0 Å². The number of fused-ring (bicyclic) bond motifs is 1. The maximum Gasteiger partial charge on any atom is 0.227 e. The quantitative estimate of drug-likeness (QED) is 0.435. The zero-order valence-corrected chi connectivity index (χ0v) is 15.4. The van der Waals surface area contributed by atoms with Gasteiger partial charge in [0, 0.05) is 5.56 Å². The molecule has 0 bridgehead atoms. The molecule has 3 aromatic carbocycles. The van der Waals surface area contributed by atoms with Crippen molar-refractivity contribution >= 4 is 22.7 Å². The van der Waals surface area contributed by atoms with Gasteiger partial charge in [0.1, 0.15) is 11.3 Å². The van der Waals surface area contributed by atoms with Gasteiger partial charge in [0.15, 0.2) is 17.1 Å². The molecule has 1 aromatic heterocycles. The van der Waals surface area contributed by atoms with Gasteiger partial charge in [-0.2, -0.15) is 0 Å². The number of aromatic nitrogens is 1. The van der Waals surface area contributed by atoms with Gasteiger partial charge in [0.25, 0.3) is 0 Å². The lowest BCUT2D eigenvalue weighted by molar-refractivity contribution is 0.386. The lowest BCUT2D eigenvalue weighted by Gasteiger charge is -2.06. The molecular formula is C21H15ClFNO3. The van der Waals surface area contributed by atoms with E-state index in [9.17, 15) is 4.39 Å². The average molecular weight is 384 g/mol. The first-order valence-electron chi connectivity index (χ1n) is 8.17. The van der Waals surface area contributed by atoms with Crippen LogP contribution in [-0.2, 0) is 0 Å². The Bertz CT molecular complexity index is 1140. The minimum atomic E-state index is -0.434. The van der Waals surface area contributed by atoms with E-state index in [2.05, 4.69) is 4.98 Å². The molecule has 0 atom stereocenters. The Morgan fingerprint density at radius 2 is 1.56 bits per heavy atom. The van der Waals surface area contributed by atoms with Gasteiger partial charge in [0.05, 0.1) is 19.2 Å². The van der Waals surface area contributed by atoms with Crippen LogP contribution in [0.15, 0.2) is 59.0 Å². The van der Waals surface area contributed by atoms with Crippen molar-refractivity contribution in [2.75, 3.05) is 14.2 Å². The van der Waals surface area contributed by atoms with Crippen LogP contribution in [0.25, 0.3) is 33.7 Å². The number of oxazole rings is 1. The zero-order valence-electron chi connectivity index (χ0n) is 14.6. The number of benzene rings is 3. The molecule has 6 heteroatoms. The molecule has 4 nitrogen and oxygen atoms in total. The van der Waals surface area contributed by atoms with Crippen LogP contribution < -0.4 is 9.47 Å². The summed E-state index contributed by atoms with van der Waals surface area (Å²) in [5.74, 6) is 0.725. The maximum absolute atomic E-state index is 13.6. The number of ether oxygens (including phenoxy) is 2. The number of rotatable bonds is 4. The fraction of sp³-hybridized carbons (Fsp3) is 0.0952. The second-order valence-corrected chi connectivity index (χ2v) is 6.31. The van der Waals surface area contributed by atoms with Crippen molar-refractivity contribution in [3.05, 3.63) is 65.4 Å². The number of hydrogen-bond acceptors (Lipinski definition) is 4. The molecule has 0 fully saturated rings. The van der Waals surface area contributed by atoms with Crippen molar-refractivity contribution in [3.63, 3.8) is 0 Å². The molecule has 136 valence electrons. The second-order valence-electron chi connectivity index (χ2n) is 5.90. The van der Waals surface area contributed by atoms with Crippen LogP contribution in [0.1, 0.15) is 0 Å². The van der Waals surface area contributed by atoms with Gasteiger partial charge in [-0.25, -0.2) is 9.37 Å². The number of hydrogen-bond donors (Lipinski definition) is 0. The van der Waals surface area contributed by atoms with Crippen LogP contribution in [0.3, 0.4) is 0 Å². The van der Waals surface area contributed by atoms with Gasteiger partial charge >= 0.3 is 0 Å². The Balaban J connectivity index is 1.75. The van der Waals surface area contributed by atoms with Gasteiger partial charge in [-0.15, -0.1) is 0 Å². The minimum absolute atomic E-state index is 0.142. The van der Waals surface area contributed by atoms with E-state index in [0.717, 1.165) is 11.1 Å². The SMILES string of the molecule is COc1cc(-c2nc3cc(-c4ccc(OC)c(Cl)c4)ccc3o2)ccc1F. The van der Waals surface area contributed by atoms with Crippen molar-refractivity contribution in [2.45, 2.75) is 0 Å². The van der Waals surface area contributed by atoms with Crippen molar-refractivity contribution in [1.29, 1.82) is 0 Å². The summed E-state index contributed by atoms with van der Waals surface area (Å²) < 4.78 is 29.6. The Labute approximate surface area is 160 Å². The van der Waals surface area contributed by atoms with Crippen molar-refractivity contribution in [2.24, 2.45) is 0 Å². The van der Waals surface area contributed by atoms with E-state index in [1.807, 2.05) is 36.4 Å². The van der Waals surface area contributed by atoms with Gasteiger partial charge in [0.2, 0.25) is 5.89 Å². The topological polar surface area (TPSA) is 44.5 Å². The van der Waals surface area contributed by atoms with E-state index in [0.29, 0.717) is 33.3 Å². The summed E-state index contributed by atoms with van der Waals surface area (Å²) in [7, 11) is 2.99. The lowest BCUT2D eigenvalue weighted by atomic mass is 10.1. The van der Waals surface area contributed by atoms with Gasteiger partial charge in [-0.1, -0.05) is 23.7 Å². The fourth-order valence-electron chi connectivity index (χ4n) is 2.87. The summed E-state index contributed by atoms with van der Waals surface area (Å²) in [6, 6.07) is 15.8. The molecule has 0 radical (unpaired) electrons. The summed E-state index contributed by atoms with van der Waals surface area (Å²) in [4.78, 5) is 4.53. The molecule has 0 aliphatic rings. The molecule has 1 heterocycles. The largest absolute Gasteiger partial charge is 0.495 e. The Morgan fingerprint density at radius 3 is 2.30 bits per heavy atom. The smallest absolute Gasteiger partial charge is 0.227 e. The monoisotopic (exact) mass is 383 g/mol. The summed E-state index contributed by atoms with van der Waals surface area (Å²) in [6.45, 7) is 0. The van der Waals surface area contributed by atoms with Gasteiger partial charge in [-0.05, 0) is 53.6 Å². The zero-order chi connectivity index (χ0) is 19.0. The Kier molecular flexibility index (Phi) is 4.46. The first-order valence-corrected chi connectivity index (χ1v) is 8.55. The average Bonchev–Trinajstić information content (AvgIpc) is 3.11. The maximum atomic E-state index is 13.6. The molecule has 0 spiro atoms. The van der Waals surface area contributed by atoms with Crippen molar-refractivity contribution < 1.29 is 18.3 Å². The first-order chi connectivity index (χ1) is 13.1. The van der Waals surface area contributed by atoms with Crippen LogP contribution in [0, 0.1) is 5.82 Å². The third kappa shape index (κ3) is 3.22. The third-order valence-corrected chi connectivity index (χ3v) is 4.57. The van der Waals surface area contributed by atoms with Crippen LogP contribution in [0.2, 0.25) is 5.02 Å². The third-order valence-electron chi connectivity index (χ3n) is 4.27. The highest BCUT2D eigenvalue weighted by atomic mass is 35.5. The summed E-state index contributed by atoms with van der Waals surface area (Å²) in [5.41, 5.74) is 3.85. The fourth-order valence-corrected chi connectivity index (χ4v) is 3.13. The highest BCUT2D eigenvalue weighted by Gasteiger charge is 2.13. The highest BCUT2D eigenvalue weighted by Crippen LogP contribution is 2.33. The van der Waals surface area contributed by atoms with Crippen molar-refractivity contribution in [1.82, 2.24) is 4.98 Å². The number of nitrogens with zero attached hydrogens (tertiary/aromatic N) is 1. The molecular weight excluding hydrogens is 369 g/mol. The number of methoxy groups -OCH3 is 2. The predicted molar refractivity (Wildman–Crippen MR) is 103 cm³/mol. The number of halogens is 2. The minimum Gasteiger partial charge on any atom is -0.495 e. The van der Waals surface area contributed by atoms with E-state index in [1.54, 1.807) is 19.2 Å². The molecule has 4 rings (SSSR count). The summed E-state index contributed by atoms with van der Waals surface area (Å²) in [6.07, 6.45) is 0. The molecule has 27 heavy (non-hydrogen) atoms. The molecule has 0 saturated heterocycles. The molecule has 0 aliphatic heterocycles. The molecule has 0 aliphatic carbocycles. The van der Waals surface area contributed by atoms with E-state index in [4.69, 9.17) is 25.5 Å². The molecule has 0 saturated carbocycles. The van der Waals surface area contributed by atoms with Crippen LogP contribution in [-0.4, -0.2) is 19.2 Å². The molecule has 0 N–H and O–H groups in total. The van der Waals surface area contributed by atoms with E-state index in [-0.39, 0.29) is 5.75 Å². The van der Waals surface area contributed by atoms with Gasteiger partial charge < -0.3 is 13.9 Å².